The summed E-state index contributed by atoms with van der Waals surface area (Å²) in [5.41, 5.74) is 14.6. The number of likely N-dealkylation sites (N-methyl/N-ethyl adjacent to an activating group) is 1. The van der Waals surface area contributed by atoms with Crippen molar-refractivity contribution in [3.8, 4) is 40.9 Å². The second-order valence-electron chi connectivity index (χ2n) is 35.7. The van der Waals surface area contributed by atoms with E-state index < -0.39 is 180 Å². The fourth-order valence-corrected chi connectivity index (χ4v) is 20.7. The number of primary amides is 1. The number of carbonyl (C=O) groups excluding carboxylic acids is 10. The molecular formula is C96H132IN9O28S3. The summed E-state index contributed by atoms with van der Waals surface area (Å²) in [5.74, 6) is 7.83. The zero-order chi connectivity index (χ0) is 100. The van der Waals surface area contributed by atoms with Crippen molar-refractivity contribution in [1.82, 2.24) is 26.3 Å². The van der Waals surface area contributed by atoms with Crippen LogP contribution in [0.5, 0.6) is 17.2 Å². The van der Waals surface area contributed by atoms with Gasteiger partial charge >= 0.3 is 18.2 Å². The fourth-order valence-electron chi connectivity index (χ4n) is 16.8. The number of benzene rings is 3. The second kappa shape index (κ2) is 52.9. The van der Waals surface area contributed by atoms with Gasteiger partial charge in [-0.15, -0.1) is 0 Å². The number of amides is 7. The van der Waals surface area contributed by atoms with Crippen molar-refractivity contribution in [3.63, 3.8) is 0 Å². The number of nitrogens with zero attached hydrogens (tertiary/aromatic N) is 1. The number of ether oxygens (including phenoxy) is 12. The molecule has 3 aromatic rings. The van der Waals surface area contributed by atoms with Crippen LogP contribution in [0.3, 0.4) is 0 Å². The number of urea groups is 2. The normalized spacial score (nSPS) is 27.2. The van der Waals surface area contributed by atoms with Crippen LogP contribution in [0.4, 0.5) is 25.8 Å². The van der Waals surface area contributed by atoms with Gasteiger partial charge in [-0.25, -0.2) is 14.4 Å². The first kappa shape index (κ1) is 112. The van der Waals surface area contributed by atoms with Crippen molar-refractivity contribution in [2.75, 3.05) is 71.1 Å². The van der Waals surface area contributed by atoms with Crippen molar-refractivity contribution >= 4 is 126 Å². The van der Waals surface area contributed by atoms with Gasteiger partial charge in [0.1, 0.15) is 54.8 Å². The van der Waals surface area contributed by atoms with Crippen LogP contribution in [0.25, 0.3) is 0 Å². The van der Waals surface area contributed by atoms with Crippen molar-refractivity contribution in [2.45, 2.75) is 293 Å². The number of fused-ring (bicyclic) bond motifs is 2. The predicted molar refractivity (Wildman–Crippen MR) is 520 cm³/mol. The molecule has 6 aliphatic rings. The number of carbonyl (C=O) groups is 10. The summed E-state index contributed by atoms with van der Waals surface area (Å²) in [6.07, 6.45) is -13.9. The van der Waals surface area contributed by atoms with E-state index in [1.807, 2.05) is 43.4 Å². The minimum atomic E-state index is -2.09. The molecule has 0 unspecified atom stereocenters. The van der Waals surface area contributed by atoms with E-state index in [0.717, 1.165) is 11.8 Å². The number of anilines is 2. The number of halogens is 1. The zero-order valence-electron chi connectivity index (χ0n) is 80.1. The molecule has 4 aliphatic heterocycles. The smallest absolute Gasteiger partial charge is 0.407 e. The van der Waals surface area contributed by atoms with E-state index >= 15 is 0 Å². The highest BCUT2D eigenvalue weighted by atomic mass is 127. The zero-order valence-corrected chi connectivity index (χ0v) is 84.7. The number of hydrogen-bond acceptors (Lipinski definition) is 33. The monoisotopic (exact) mass is 2080 g/mol. The van der Waals surface area contributed by atoms with Crippen molar-refractivity contribution in [2.24, 2.45) is 29.2 Å². The molecule has 4 fully saturated rings. The third-order valence-corrected chi connectivity index (χ3v) is 29.8. The summed E-state index contributed by atoms with van der Waals surface area (Å²) in [6, 6.07) is 9.08. The summed E-state index contributed by atoms with van der Waals surface area (Å²) in [6.45, 7) is 21.2. The fraction of sp³-hybridized carbons (Fsp3) is 0.604. The maximum atomic E-state index is 14.7. The molecule has 4 saturated heterocycles. The molecular weight excluding hydrogens is 1950 g/mol. The molecule has 0 aromatic heterocycles. The number of hydrogen-bond donors (Lipinski definition) is 13. The Hall–Kier alpha value is -8.36. The van der Waals surface area contributed by atoms with Crippen LogP contribution in [0.15, 0.2) is 83.5 Å². The predicted octanol–water partition coefficient (Wildman–Crippen LogP) is 8.58. The molecule has 7 amide bonds. The summed E-state index contributed by atoms with van der Waals surface area (Å²) in [5, 5.41) is 71.9. The number of thioether (sulfide) groups is 1. The lowest BCUT2D eigenvalue weighted by Crippen LogP contribution is -2.65. The van der Waals surface area contributed by atoms with Crippen molar-refractivity contribution < 1.29 is 135 Å². The topological polar surface area (TPSA) is 519 Å². The number of allylic oxidation sites excluding steroid dienone is 3. The third kappa shape index (κ3) is 31.1. The molecule has 15 N–H and O–H groups in total. The van der Waals surface area contributed by atoms with Gasteiger partial charge in [0.2, 0.25) is 29.0 Å². The second-order valence-corrected chi connectivity index (χ2v) is 41.1. The van der Waals surface area contributed by atoms with E-state index in [0.29, 0.717) is 69.6 Å². The van der Waals surface area contributed by atoms with E-state index in [1.165, 1.54) is 70.1 Å². The van der Waals surface area contributed by atoms with Crippen LogP contribution in [0, 0.1) is 51.9 Å². The number of rotatable bonds is 45. The maximum Gasteiger partial charge on any atom is 0.407 e. The first-order chi connectivity index (χ1) is 65.1. The van der Waals surface area contributed by atoms with E-state index in [4.69, 9.17) is 73.1 Å². The van der Waals surface area contributed by atoms with Crippen LogP contribution >= 0.6 is 55.9 Å². The average Bonchev–Trinajstić information content (AvgIpc) is 0.750. The minimum absolute atomic E-state index is 0.000197. The van der Waals surface area contributed by atoms with Crippen molar-refractivity contribution in [3.05, 3.63) is 109 Å². The van der Waals surface area contributed by atoms with Gasteiger partial charge in [-0.05, 0) is 162 Å². The van der Waals surface area contributed by atoms with Gasteiger partial charge in [0.25, 0.3) is 0 Å². The van der Waals surface area contributed by atoms with Crippen molar-refractivity contribution in [1.29, 1.82) is 0 Å². The largest absolute Gasteiger partial charge is 0.492 e. The molecule has 37 nitrogen and oxygen atoms in total. The van der Waals surface area contributed by atoms with Gasteiger partial charge in [-0.3, -0.25) is 33.6 Å². The summed E-state index contributed by atoms with van der Waals surface area (Å²) in [4.78, 5) is 143. The first-order valence-electron chi connectivity index (χ1n) is 45.7. The number of Topliss-reactive ketones (excluding diaryl/α,β-unsaturated/α-hetero) is 4. The standard InChI is InChI=1S/C96H132IN9O28S3/c1-17-106(93(119)103-62-32-28-57(29-33-62)47-101-94(120)127-48-58-30-34-61(35-31-58)102-87(115)60(26-24-39-100-92(99)118)43-66(109)76(50(2)3)104-88(116)59(41-51(4)107)25-21-23-38-98)65-49-126-71(45-70(65)122-13)132-84-79(113)77(54(7)129-91(84)131-69-27-20-18-19-22-37-96(121)46-68(111)63(42-52(5)108)74(69)64(96)36-40-135-137-95(10,11)12)105-134-72-44-67(110)86(56(9)128-72)136-89(117)73-53(6)75(97)82(85(125-16)81(73)123-14)133-90-80(114)83(124-15)78(112)55(8)130-90/h18-19,28-36,50,54-56,59-60,65,67,69-72,76-80,83-84,86,90-91,105,110,112-114,121H,17,21,23-26,38-49,98H2,1-16H3,(H,101,120)(H,102,115)(H,103,119)(H,104,116)(H3,99,100,118)/b19-18-,64-36+/t54-,55+,56-,59+,60+,65+,67+,69+,70+,71+,72+,76-,77-,78+,79+,80-,83-,84-,86-,90+,91+,96+/m1/s1. The number of aliphatic hydroxyl groups excluding tert-OH is 4. The molecule has 754 valence electrons. The molecule has 22 atom stereocenters. The Bertz CT molecular complexity index is 4910. The molecule has 2 bridgehead atoms. The first-order valence-corrected chi connectivity index (χ1v) is 49.9. The molecule has 0 radical (unpaired) electrons. The average molecular weight is 2080 g/mol. The molecule has 4 heterocycles. The van der Waals surface area contributed by atoms with Crippen LogP contribution in [0.2, 0.25) is 0 Å². The summed E-state index contributed by atoms with van der Waals surface area (Å²) in [7, 11) is 8.57. The number of methoxy groups -OCH3 is 4. The van der Waals surface area contributed by atoms with Gasteiger partial charge in [0.05, 0.1) is 90.3 Å². The number of unbranched alkanes of at least 4 members (excludes halogenated alkanes) is 1. The maximum absolute atomic E-state index is 14.7. The highest BCUT2D eigenvalue weighted by Gasteiger charge is 2.53. The quantitative estimate of drug-likeness (QED) is 0.00827. The Morgan fingerprint density at radius 1 is 0.752 bits per heavy atom. The Labute approximate surface area is 825 Å². The van der Waals surface area contributed by atoms with Gasteiger partial charge in [0.15, 0.2) is 47.5 Å². The number of hydroxylamine groups is 1. The highest BCUT2D eigenvalue weighted by Crippen LogP contribution is 2.50. The lowest BCUT2D eigenvalue weighted by molar-refractivity contribution is -0.337. The number of aliphatic hydroxyl groups is 5. The third-order valence-electron chi connectivity index (χ3n) is 23.9. The van der Waals surface area contributed by atoms with Crippen LogP contribution in [-0.4, -0.2) is 275 Å². The van der Waals surface area contributed by atoms with E-state index in [-0.39, 0.29) is 139 Å². The molecule has 9 rings (SSSR count). The molecule has 41 heteroatoms. The Balaban J connectivity index is 0.856. The van der Waals surface area contributed by atoms with Crippen LogP contribution < -0.4 is 57.7 Å². The number of nitrogens with one attached hydrogen (secondary N) is 6. The van der Waals surface area contributed by atoms with Crippen LogP contribution in [0.1, 0.15) is 174 Å². The van der Waals surface area contributed by atoms with Gasteiger partial charge in [-0.1, -0.05) is 128 Å². The van der Waals surface area contributed by atoms with Gasteiger partial charge < -0.3 is 130 Å². The number of ketones is 4. The Morgan fingerprint density at radius 2 is 1.42 bits per heavy atom. The van der Waals surface area contributed by atoms with E-state index in [2.05, 4.69) is 55.7 Å². The summed E-state index contributed by atoms with van der Waals surface area (Å²) >= 11 is 2.78. The van der Waals surface area contributed by atoms with Gasteiger partial charge in [0, 0.05) is 116 Å². The number of alkyl carbamates (subject to hydrolysis) is 1. The lowest BCUT2D eigenvalue weighted by Gasteiger charge is -2.47. The molecule has 137 heavy (non-hydrogen) atoms. The van der Waals surface area contributed by atoms with Gasteiger partial charge in [-0.2, -0.15) is 5.48 Å². The minimum Gasteiger partial charge on any atom is -0.492 e. The van der Waals surface area contributed by atoms with E-state index in [9.17, 15) is 73.5 Å². The molecule has 0 spiro atoms. The lowest BCUT2D eigenvalue weighted by atomic mass is 9.72. The van der Waals surface area contributed by atoms with Crippen LogP contribution in [-0.2, 0) is 89.4 Å². The SMILES string of the molecule is CCN(C(=O)Nc1ccc(CNC(=O)OCc2ccc(NC(=O)[C@@H](CCCNC(N)=O)CC(=O)[C@H](NC(=O)[C@@H](CCCCN)CC(C)=O)C(C)C)cc2)cc1)[C@H]1CO[C@@H](O[C@H]2[C@H](O[C@H]3C#C/C=C\C#C[C@]4(O)CC(=O)C(CC(C)=O)=C3/C4=C\CSSC(C)(C)C)O[C@H](C)[C@@H](NO[C@H]3C[C@H](O)[C@H](SC(=O)c4c(C)c(I)c(O[C@@H]5O[C@@H](C)[C@H](O)[C@@H](OC)[C@H]5O)c(OC)c4OC)[C@@H](C)O3)[C@@H]2O)C[C@@H]1OC. The Kier molecular flexibility index (Phi) is 43.4. The number of nitrogens with two attached hydrogens (primary N) is 2. The molecule has 3 aromatic carbocycles. The summed E-state index contributed by atoms with van der Waals surface area (Å²) < 4.78 is 74.4. The highest BCUT2D eigenvalue weighted by molar-refractivity contribution is 14.1. The molecule has 0 saturated carbocycles. The van der Waals surface area contributed by atoms with E-state index in [1.54, 1.807) is 114 Å². The Morgan fingerprint density at radius 3 is 2.04 bits per heavy atom. The molecule has 2 aliphatic carbocycles.